The van der Waals surface area contributed by atoms with Gasteiger partial charge in [0.1, 0.15) is 11.3 Å². The van der Waals surface area contributed by atoms with Gasteiger partial charge in [-0.15, -0.1) is 0 Å². The zero-order chi connectivity index (χ0) is 26.9. The Morgan fingerprint density at radius 3 is 1.79 bits per heavy atom. The van der Waals surface area contributed by atoms with Crippen LogP contribution in [-0.2, 0) is 19.1 Å². The van der Waals surface area contributed by atoms with Crippen LogP contribution in [0.15, 0.2) is 119 Å². The van der Waals surface area contributed by atoms with Crippen molar-refractivity contribution in [2.75, 3.05) is 7.11 Å². The summed E-state index contributed by atoms with van der Waals surface area (Å²) in [5.41, 5.74) is 0.604. The topological polar surface area (TPSA) is 65.0 Å². The third-order valence-corrected chi connectivity index (χ3v) is 10.8. The zero-order valence-corrected chi connectivity index (χ0v) is 23.1. The average molecular weight is 526 g/mol. The van der Waals surface area contributed by atoms with E-state index in [0.29, 0.717) is 24.2 Å². The lowest BCUT2D eigenvalue weighted by molar-refractivity contribution is -0.137. The minimum Gasteiger partial charge on any atom is -0.465 e. The number of carbonyl (C=O) groups excluding carboxylic acids is 2. The third kappa shape index (κ3) is 4.56. The first-order valence-corrected chi connectivity index (χ1v) is 14.6. The largest absolute Gasteiger partial charge is 0.465 e. The van der Waals surface area contributed by atoms with Gasteiger partial charge in [-0.1, -0.05) is 112 Å². The first-order chi connectivity index (χ1) is 18.3. The third-order valence-electron chi connectivity index (χ3n) is 7.23. The van der Waals surface area contributed by atoms with Gasteiger partial charge in [-0.05, 0) is 5.41 Å². The molecule has 0 bridgehead atoms. The Balaban J connectivity index is 1.87. The van der Waals surface area contributed by atoms with Crippen LogP contribution in [0.25, 0.3) is 0 Å². The highest BCUT2D eigenvalue weighted by molar-refractivity contribution is 7.87. The Kier molecular flexibility index (Phi) is 6.98. The van der Waals surface area contributed by atoms with Crippen molar-refractivity contribution in [2.45, 2.75) is 33.6 Å². The predicted octanol–water partition coefficient (Wildman–Crippen LogP) is 5.86. The SMILES string of the molecule is COC(=O)C1=C(N=P(c2ccccc2)(c2ccccc2)c2ccccc2)OC2=C(C(=O)CC(C)(C)C2)[C@@H]1C. The first kappa shape index (κ1) is 25.9. The van der Waals surface area contributed by atoms with Crippen LogP contribution in [0.3, 0.4) is 0 Å². The van der Waals surface area contributed by atoms with Gasteiger partial charge in [-0.2, -0.15) is 0 Å². The van der Waals surface area contributed by atoms with E-state index < -0.39 is 18.9 Å². The molecule has 0 saturated carbocycles. The van der Waals surface area contributed by atoms with Gasteiger partial charge in [0.15, 0.2) is 5.78 Å². The standard InChI is InChI=1S/C32H32NO4P/c1-22-28-26(34)20-32(2,3)21-27(28)37-30(29(22)31(35)36-4)33-38(23-14-8-5-9-15-23,24-16-10-6-11-17-24)25-18-12-7-13-19-25/h5-19,22H,20-21H2,1-4H3/t22-/m0/s1. The summed E-state index contributed by atoms with van der Waals surface area (Å²) in [6.07, 6.45) is 1.01. The second kappa shape index (κ2) is 10.2. The lowest BCUT2D eigenvalue weighted by atomic mass is 9.72. The normalized spacial score (nSPS) is 18.9. The average Bonchev–Trinajstić information content (AvgIpc) is 2.92. The molecule has 0 aromatic heterocycles. The number of hydrogen-bond acceptors (Lipinski definition) is 5. The second-order valence-corrected chi connectivity index (χ2v) is 13.6. The molecular weight excluding hydrogens is 493 g/mol. The maximum Gasteiger partial charge on any atom is 0.339 e. The molecule has 5 nitrogen and oxygen atoms in total. The summed E-state index contributed by atoms with van der Waals surface area (Å²) < 4.78 is 17.2. The van der Waals surface area contributed by atoms with E-state index in [-0.39, 0.29) is 22.7 Å². The Bertz CT molecular complexity index is 1380. The molecule has 0 radical (unpaired) electrons. The molecule has 0 fully saturated rings. The Morgan fingerprint density at radius 2 is 1.34 bits per heavy atom. The number of Topliss-reactive ketones (excluding diaryl/α,β-unsaturated/α-hetero) is 1. The van der Waals surface area contributed by atoms with Gasteiger partial charge in [0.05, 0.1) is 14.2 Å². The number of ether oxygens (including phenoxy) is 2. The molecule has 0 saturated heterocycles. The highest BCUT2D eigenvalue weighted by atomic mass is 31.2. The van der Waals surface area contributed by atoms with E-state index in [0.717, 1.165) is 15.9 Å². The lowest BCUT2D eigenvalue weighted by Crippen LogP contribution is -2.34. The molecule has 0 unspecified atom stereocenters. The van der Waals surface area contributed by atoms with Gasteiger partial charge in [0.25, 0.3) is 0 Å². The Labute approximate surface area is 224 Å². The van der Waals surface area contributed by atoms with E-state index in [1.807, 2.05) is 61.5 Å². The number of ketones is 1. The van der Waals surface area contributed by atoms with Crippen molar-refractivity contribution in [3.05, 3.63) is 114 Å². The van der Waals surface area contributed by atoms with E-state index in [4.69, 9.17) is 14.2 Å². The van der Waals surface area contributed by atoms with Crippen LogP contribution in [0.5, 0.6) is 0 Å². The summed E-state index contributed by atoms with van der Waals surface area (Å²) in [5.74, 6) is -0.166. The van der Waals surface area contributed by atoms with E-state index >= 15 is 0 Å². The second-order valence-electron chi connectivity index (χ2n) is 10.6. The van der Waals surface area contributed by atoms with Crippen LogP contribution < -0.4 is 15.9 Å². The number of benzene rings is 3. The molecule has 1 aliphatic heterocycles. The van der Waals surface area contributed by atoms with Gasteiger partial charge >= 0.3 is 5.97 Å². The maximum atomic E-state index is 13.2. The fraction of sp³-hybridized carbons (Fsp3) is 0.250. The smallest absolute Gasteiger partial charge is 0.339 e. The van der Waals surface area contributed by atoms with E-state index in [1.165, 1.54) is 7.11 Å². The highest BCUT2D eigenvalue weighted by Gasteiger charge is 2.44. The van der Waals surface area contributed by atoms with Gasteiger partial charge in [-0.3, -0.25) is 4.79 Å². The van der Waals surface area contributed by atoms with Crippen molar-refractivity contribution in [1.82, 2.24) is 0 Å². The molecule has 0 amide bonds. The van der Waals surface area contributed by atoms with Crippen LogP contribution in [0.2, 0.25) is 0 Å². The van der Waals surface area contributed by atoms with Crippen LogP contribution in [-0.4, -0.2) is 18.9 Å². The number of hydrogen-bond donors (Lipinski definition) is 0. The number of nitrogens with zero attached hydrogens (tertiary/aromatic N) is 1. The summed E-state index contributed by atoms with van der Waals surface area (Å²) in [4.78, 5) is 26.5. The van der Waals surface area contributed by atoms with Crippen molar-refractivity contribution in [2.24, 2.45) is 16.1 Å². The van der Waals surface area contributed by atoms with Crippen LogP contribution >= 0.6 is 7.05 Å². The Morgan fingerprint density at radius 1 is 0.868 bits per heavy atom. The van der Waals surface area contributed by atoms with Crippen molar-refractivity contribution in [3.63, 3.8) is 0 Å². The fourth-order valence-electron chi connectivity index (χ4n) is 5.49. The van der Waals surface area contributed by atoms with Crippen LogP contribution in [0.1, 0.15) is 33.6 Å². The first-order valence-electron chi connectivity index (χ1n) is 12.8. The summed E-state index contributed by atoms with van der Waals surface area (Å²) in [6, 6.07) is 30.5. The lowest BCUT2D eigenvalue weighted by Gasteiger charge is -2.37. The molecule has 2 aliphatic rings. The molecule has 0 N–H and O–H groups in total. The molecule has 6 heteroatoms. The molecule has 0 spiro atoms. The fourth-order valence-corrected chi connectivity index (χ4v) is 8.96. The number of allylic oxidation sites excluding steroid dienone is 2. The zero-order valence-electron chi connectivity index (χ0n) is 22.2. The Hall–Kier alpha value is -3.69. The molecule has 3 aromatic carbocycles. The van der Waals surface area contributed by atoms with Crippen LogP contribution in [0.4, 0.5) is 0 Å². The van der Waals surface area contributed by atoms with Crippen molar-refractivity contribution in [3.8, 4) is 0 Å². The number of carbonyl (C=O) groups is 2. The maximum absolute atomic E-state index is 13.2. The minimum absolute atomic E-state index is 0.0134. The summed E-state index contributed by atoms with van der Waals surface area (Å²) in [5, 5.41) is 3.10. The summed E-state index contributed by atoms with van der Waals surface area (Å²) in [7, 11) is -1.35. The van der Waals surface area contributed by atoms with Crippen molar-refractivity contribution < 1.29 is 19.1 Å². The minimum atomic E-state index is -2.70. The number of esters is 1. The molecule has 194 valence electrons. The summed E-state index contributed by atoms with van der Waals surface area (Å²) >= 11 is 0. The molecule has 38 heavy (non-hydrogen) atoms. The van der Waals surface area contributed by atoms with Crippen molar-refractivity contribution in [1.29, 1.82) is 0 Å². The van der Waals surface area contributed by atoms with Crippen LogP contribution in [0, 0.1) is 11.3 Å². The number of rotatable bonds is 5. The van der Waals surface area contributed by atoms with E-state index in [2.05, 4.69) is 50.2 Å². The molecule has 1 atom stereocenters. The monoisotopic (exact) mass is 525 g/mol. The molecule has 1 aliphatic carbocycles. The summed E-state index contributed by atoms with van der Waals surface area (Å²) in [6.45, 7) is 6.01. The van der Waals surface area contributed by atoms with Crippen molar-refractivity contribution >= 4 is 34.7 Å². The molecule has 1 heterocycles. The quantitative estimate of drug-likeness (QED) is 0.309. The number of methoxy groups -OCH3 is 1. The van der Waals surface area contributed by atoms with E-state index in [9.17, 15) is 9.59 Å². The van der Waals surface area contributed by atoms with Gasteiger partial charge in [0, 0.05) is 40.2 Å². The molecule has 5 rings (SSSR count). The van der Waals surface area contributed by atoms with Gasteiger partial charge in [-0.25, -0.2) is 9.54 Å². The van der Waals surface area contributed by atoms with E-state index in [1.54, 1.807) is 0 Å². The highest BCUT2D eigenvalue weighted by Crippen LogP contribution is 2.51. The predicted molar refractivity (Wildman–Crippen MR) is 152 cm³/mol. The molecule has 3 aromatic rings. The van der Waals surface area contributed by atoms with Gasteiger partial charge in [0.2, 0.25) is 5.88 Å². The molecular formula is C32H32NO4P. The van der Waals surface area contributed by atoms with Gasteiger partial charge < -0.3 is 9.47 Å².